The second-order valence-electron chi connectivity index (χ2n) is 6.25. The molecule has 29 heavy (non-hydrogen) atoms. The molecule has 0 aliphatic heterocycles. The van der Waals surface area contributed by atoms with Crippen molar-refractivity contribution in [3.63, 3.8) is 0 Å². The Hall–Kier alpha value is -3.68. The van der Waals surface area contributed by atoms with Crippen LogP contribution in [0.5, 0.6) is 5.75 Å². The third-order valence-corrected chi connectivity index (χ3v) is 4.09. The summed E-state index contributed by atoms with van der Waals surface area (Å²) < 4.78 is 5.53. The molecule has 8 heteroatoms. The predicted octanol–water partition coefficient (Wildman–Crippen LogP) is 3.59. The Balaban J connectivity index is 1.87. The van der Waals surface area contributed by atoms with Crippen LogP contribution in [0.2, 0.25) is 0 Å². The first-order valence-electron chi connectivity index (χ1n) is 9.47. The average molecular weight is 392 g/mol. The van der Waals surface area contributed by atoms with E-state index in [0.29, 0.717) is 18.0 Å². The predicted molar refractivity (Wildman–Crippen MR) is 114 cm³/mol. The fourth-order valence-electron chi connectivity index (χ4n) is 2.71. The van der Waals surface area contributed by atoms with Crippen LogP contribution in [-0.2, 0) is 0 Å². The molecule has 0 atom stereocenters. The van der Waals surface area contributed by atoms with Crippen molar-refractivity contribution in [3.8, 4) is 17.0 Å². The zero-order chi connectivity index (χ0) is 20.6. The van der Waals surface area contributed by atoms with E-state index in [1.54, 1.807) is 18.5 Å². The number of rotatable bonds is 8. The number of amides is 1. The number of nitrogens with one attached hydrogen (secondary N) is 2. The summed E-state index contributed by atoms with van der Waals surface area (Å²) in [7, 11) is 0. The lowest BCUT2D eigenvalue weighted by Crippen LogP contribution is -2.18. The highest BCUT2D eigenvalue weighted by atomic mass is 16.5. The van der Waals surface area contributed by atoms with E-state index in [4.69, 9.17) is 10.5 Å². The van der Waals surface area contributed by atoms with E-state index in [1.165, 1.54) is 6.20 Å². The number of hydrogen-bond acceptors (Lipinski definition) is 7. The van der Waals surface area contributed by atoms with Crippen molar-refractivity contribution in [2.24, 2.45) is 0 Å². The zero-order valence-corrected chi connectivity index (χ0v) is 16.5. The van der Waals surface area contributed by atoms with Crippen LogP contribution < -0.4 is 21.1 Å². The smallest absolute Gasteiger partial charge is 0.278 e. The largest absolute Gasteiger partial charge is 0.494 e. The molecule has 0 aliphatic carbocycles. The number of hydrogen-bond donors (Lipinski definition) is 3. The van der Waals surface area contributed by atoms with Crippen molar-refractivity contribution in [3.05, 3.63) is 54.6 Å². The number of nitrogens with two attached hydrogens (primary N) is 1. The maximum Gasteiger partial charge on any atom is 0.278 e. The number of pyridine rings is 1. The number of ether oxygens (including phenoxy) is 1. The number of carbonyl (C=O) groups excluding carboxylic acids is 1. The van der Waals surface area contributed by atoms with Gasteiger partial charge in [-0.1, -0.05) is 19.1 Å². The van der Waals surface area contributed by atoms with E-state index < -0.39 is 5.91 Å². The highest BCUT2D eigenvalue weighted by molar-refractivity contribution is 6.07. The molecule has 0 saturated carbocycles. The van der Waals surface area contributed by atoms with Gasteiger partial charge in [-0.2, -0.15) is 0 Å². The maximum atomic E-state index is 12.8. The van der Waals surface area contributed by atoms with Gasteiger partial charge in [0.2, 0.25) is 0 Å². The SMILES string of the molecule is CCCNc1ccncc1NC(=O)c1nc(-c2cccc(OCC)c2)cnc1N. The van der Waals surface area contributed by atoms with E-state index in [-0.39, 0.29) is 11.5 Å². The van der Waals surface area contributed by atoms with Gasteiger partial charge in [0, 0.05) is 18.3 Å². The summed E-state index contributed by atoms with van der Waals surface area (Å²) in [5.41, 5.74) is 8.62. The van der Waals surface area contributed by atoms with Crippen LogP contribution in [0.3, 0.4) is 0 Å². The molecular weight excluding hydrogens is 368 g/mol. The molecule has 1 amide bonds. The Bertz CT molecular complexity index is 992. The molecule has 0 spiro atoms. The number of nitrogen functional groups attached to an aromatic ring is 1. The molecule has 0 unspecified atom stereocenters. The molecular formula is C21H24N6O2. The minimum atomic E-state index is -0.453. The van der Waals surface area contributed by atoms with Gasteiger partial charge in [0.25, 0.3) is 5.91 Å². The lowest BCUT2D eigenvalue weighted by atomic mass is 10.1. The molecule has 3 rings (SSSR count). The molecule has 0 fully saturated rings. The molecule has 0 bridgehead atoms. The normalized spacial score (nSPS) is 10.4. The molecule has 1 aromatic carbocycles. The Kier molecular flexibility index (Phi) is 6.57. The minimum Gasteiger partial charge on any atom is -0.494 e. The van der Waals surface area contributed by atoms with Gasteiger partial charge in [-0.15, -0.1) is 0 Å². The van der Waals surface area contributed by atoms with E-state index in [9.17, 15) is 4.79 Å². The standard InChI is InChI=1S/C21H24N6O2/c1-3-9-24-16-8-10-23-12-18(16)27-21(28)19-20(22)25-13-17(26-19)14-6-5-7-15(11-14)29-4-2/h5-8,10-13H,3-4,9H2,1-2H3,(H2,22,25)(H,23,24)(H,27,28). The van der Waals surface area contributed by atoms with Crippen molar-refractivity contribution >= 4 is 23.1 Å². The van der Waals surface area contributed by atoms with Gasteiger partial charge in [-0.3, -0.25) is 9.78 Å². The minimum absolute atomic E-state index is 0.0506. The topological polar surface area (TPSA) is 115 Å². The fraction of sp³-hybridized carbons (Fsp3) is 0.238. The summed E-state index contributed by atoms with van der Waals surface area (Å²) in [4.78, 5) is 25.5. The van der Waals surface area contributed by atoms with Gasteiger partial charge < -0.3 is 21.1 Å². The second-order valence-corrected chi connectivity index (χ2v) is 6.25. The third-order valence-electron chi connectivity index (χ3n) is 4.09. The highest BCUT2D eigenvalue weighted by Gasteiger charge is 2.17. The molecule has 4 N–H and O–H groups in total. The molecule has 0 saturated heterocycles. The van der Waals surface area contributed by atoms with Crippen LogP contribution in [0.25, 0.3) is 11.3 Å². The van der Waals surface area contributed by atoms with Crippen molar-refractivity contribution < 1.29 is 9.53 Å². The van der Waals surface area contributed by atoms with Crippen LogP contribution in [0.15, 0.2) is 48.9 Å². The van der Waals surface area contributed by atoms with Crippen LogP contribution in [0, 0.1) is 0 Å². The highest BCUT2D eigenvalue weighted by Crippen LogP contribution is 2.24. The summed E-state index contributed by atoms with van der Waals surface area (Å²) in [6.07, 6.45) is 5.73. The first-order valence-corrected chi connectivity index (χ1v) is 9.47. The monoisotopic (exact) mass is 392 g/mol. The molecule has 2 heterocycles. The Labute approximate surface area is 169 Å². The van der Waals surface area contributed by atoms with E-state index in [2.05, 4.69) is 32.5 Å². The quantitative estimate of drug-likeness (QED) is 0.536. The molecule has 2 aromatic heterocycles. The first-order chi connectivity index (χ1) is 14.1. The van der Waals surface area contributed by atoms with Crippen LogP contribution in [0.4, 0.5) is 17.2 Å². The molecule has 3 aromatic rings. The lowest BCUT2D eigenvalue weighted by molar-refractivity contribution is 0.102. The van der Waals surface area contributed by atoms with Gasteiger partial charge in [0.15, 0.2) is 11.5 Å². The zero-order valence-electron chi connectivity index (χ0n) is 16.5. The number of anilines is 3. The Morgan fingerprint density at radius 3 is 2.83 bits per heavy atom. The Morgan fingerprint density at radius 1 is 1.17 bits per heavy atom. The third kappa shape index (κ3) is 4.98. The summed E-state index contributed by atoms with van der Waals surface area (Å²) in [5.74, 6) is 0.321. The van der Waals surface area contributed by atoms with E-state index in [1.807, 2.05) is 31.2 Å². The Morgan fingerprint density at radius 2 is 2.03 bits per heavy atom. The second kappa shape index (κ2) is 9.50. The van der Waals surface area contributed by atoms with Gasteiger partial charge in [0.1, 0.15) is 5.75 Å². The first kappa shape index (κ1) is 20.1. The number of carbonyl (C=O) groups is 1. The van der Waals surface area contributed by atoms with Gasteiger partial charge in [-0.25, -0.2) is 9.97 Å². The molecule has 0 aliphatic rings. The summed E-state index contributed by atoms with van der Waals surface area (Å²) in [5, 5.41) is 6.07. The summed E-state index contributed by atoms with van der Waals surface area (Å²) in [6.45, 7) is 5.32. The number of nitrogens with zero attached hydrogens (tertiary/aromatic N) is 3. The molecule has 0 radical (unpaired) electrons. The molecule has 8 nitrogen and oxygen atoms in total. The summed E-state index contributed by atoms with van der Waals surface area (Å²) in [6, 6.07) is 9.24. The van der Waals surface area contributed by atoms with Gasteiger partial charge >= 0.3 is 0 Å². The van der Waals surface area contributed by atoms with E-state index >= 15 is 0 Å². The lowest BCUT2D eigenvalue weighted by Gasteiger charge is -2.13. The van der Waals surface area contributed by atoms with Crippen molar-refractivity contribution in [2.75, 3.05) is 29.5 Å². The van der Waals surface area contributed by atoms with E-state index in [0.717, 1.165) is 30.0 Å². The summed E-state index contributed by atoms with van der Waals surface area (Å²) >= 11 is 0. The number of aromatic nitrogens is 3. The molecule has 150 valence electrons. The van der Waals surface area contributed by atoms with Crippen LogP contribution in [-0.4, -0.2) is 34.0 Å². The average Bonchev–Trinajstić information content (AvgIpc) is 2.74. The van der Waals surface area contributed by atoms with Crippen molar-refractivity contribution in [1.82, 2.24) is 15.0 Å². The number of benzene rings is 1. The van der Waals surface area contributed by atoms with Crippen molar-refractivity contribution in [2.45, 2.75) is 20.3 Å². The van der Waals surface area contributed by atoms with Gasteiger partial charge in [-0.05, 0) is 31.5 Å². The van der Waals surface area contributed by atoms with Crippen molar-refractivity contribution in [1.29, 1.82) is 0 Å². The maximum absolute atomic E-state index is 12.8. The fourth-order valence-corrected chi connectivity index (χ4v) is 2.71. The van der Waals surface area contributed by atoms with Crippen LogP contribution >= 0.6 is 0 Å². The van der Waals surface area contributed by atoms with Gasteiger partial charge in [0.05, 0.1) is 36.1 Å². The van der Waals surface area contributed by atoms with Crippen LogP contribution in [0.1, 0.15) is 30.8 Å².